The fraction of sp³-hybridized carbons (Fsp3) is 0.533. The van der Waals surface area contributed by atoms with Crippen LogP contribution in [0.5, 0.6) is 5.75 Å². The number of hydrogen-bond donors (Lipinski definition) is 2. The number of nitrogens with one attached hydrogen (secondary N) is 1. The molecule has 1 aromatic rings. The zero-order valence-corrected chi connectivity index (χ0v) is 12.1. The summed E-state index contributed by atoms with van der Waals surface area (Å²) >= 11 is 0. The van der Waals surface area contributed by atoms with Gasteiger partial charge in [-0.25, -0.2) is 0 Å². The minimum Gasteiger partial charge on any atom is -0.491 e. The summed E-state index contributed by atoms with van der Waals surface area (Å²) < 4.78 is 5.68. The predicted molar refractivity (Wildman–Crippen MR) is 78.2 cm³/mol. The van der Waals surface area contributed by atoms with E-state index in [-0.39, 0.29) is 11.8 Å². The van der Waals surface area contributed by atoms with Gasteiger partial charge in [0, 0.05) is 0 Å². The Kier molecular flexibility index (Phi) is 5.83. The number of para-hydroxylation sites is 2. The highest BCUT2D eigenvalue weighted by Crippen LogP contribution is 2.24. The number of anilines is 1. The Morgan fingerprint density at radius 1 is 1.26 bits per heavy atom. The summed E-state index contributed by atoms with van der Waals surface area (Å²) in [6, 6.07) is 6.89. The van der Waals surface area contributed by atoms with Crippen LogP contribution in [0.2, 0.25) is 0 Å². The number of carbonyl (C=O) groups excluding carboxylic acids is 1. The van der Waals surface area contributed by atoms with Crippen molar-refractivity contribution in [3.8, 4) is 5.75 Å². The van der Waals surface area contributed by atoms with Crippen molar-refractivity contribution in [3.05, 3.63) is 24.3 Å². The van der Waals surface area contributed by atoms with E-state index in [0.717, 1.165) is 0 Å². The molecule has 19 heavy (non-hydrogen) atoms. The van der Waals surface area contributed by atoms with Crippen molar-refractivity contribution < 1.29 is 9.53 Å². The van der Waals surface area contributed by atoms with Crippen LogP contribution in [0.15, 0.2) is 24.3 Å². The first-order valence-electron chi connectivity index (χ1n) is 6.70. The van der Waals surface area contributed by atoms with Gasteiger partial charge in [0.05, 0.1) is 18.3 Å². The Hall–Kier alpha value is -1.55. The molecule has 1 aromatic carbocycles. The maximum absolute atomic E-state index is 12.0. The fourth-order valence-electron chi connectivity index (χ4n) is 1.47. The van der Waals surface area contributed by atoms with E-state index in [4.69, 9.17) is 10.5 Å². The number of nitrogens with two attached hydrogens (primary N) is 1. The first-order valence-corrected chi connectivity index (χ1v) is 6.70. The molecule has 0 saturated carbocycles. The highest BCUT2D eigenvalue weighted by atomic mass is 16.5. The van der Waals surface area contributed by atoms with Gasteiger partial charge in [-0.2, -0.15) is 0 Å². The van der Waals surface area contributed by atoms with Crippen LogP contribution in [0.1, 0.15) is 27.7 Å². The minimum atomic E-state index is -0.516. The second kappa shape index (κ2) is 7.14. The van der Waals surface area contributed by atoms with Crippen LogP contribution in [0.25, 0.3) is 0 Å². The second-order valence-electron chi connectivity index (χ2n) is 5.46. The summed E-state index contributed by atoms with van der Waals surface area (Å²) in [6.07, 6.45) is 0. The van der Waals surface area contributed by atoms with Gasteiger partial charge in [-0.1, -0.05) is 39.8 Å². The molecule has 0 radical (unpaired) electrons. The van der Waals surface area contributed by atoms with Crippen molar-refractivity contribution in [1.29, 1.82) is 0 Å². The minimum absolute atomic E-state index is 0.101. The molecule has 0 aliphatic carbocycles. The zero-order chi connectivity index (χ0) is 14.4. The Labute approximate surface area is 115 Å². The summed E-state index contributed by atoms with van der Waals surface area (Å²) in [5.41, 5.74) is 6.50. The third-order valence-electron chi connectivity index (χ3n) is 2.74. The summed E-state index contributed by atoms with van der Waals surface area (Å²) in [4.78, 5) is 12.0. The molecule has 0 bridgehead atoms. The monoisotopic (exact) mass is 264 g/mol. The molecule has 0 saturated heterocycles. The highest BCUT2D eigenvalue weighted by Gasteiger charge is 2.18. The lowest BCUT2D eigenvalue weighted by atomic mass is 10.0. The molecule has 0 unspecified atom stereocenters. The van der Waals surface area contributed by atoms with E-state index in [9.17, 15) is 4.79 Å². The van der Waals surface area contributed by atoms with E-state index in [1.165, 1.54) is 0 Å². The van der Waals surface area contributed by atoms with Crippen molar-refractivity contribution in [2.24, 2.45) is 17.6 Å². The molecule has 0 aliphatic rings. The average molecular weight is 264 g/mol. The van der Waals surface area contributed by atoms with Gasteiger partial charge in [0.25, 0.3) is 0 Å². The van der Waals surface area contributed by atoms with E-state index in [0.29, 0.717) is 24.0 Å². The molecule has 0 aromatic heterocycles. The largest absolute Gasteiger partial charge is 0.491 e. The SMILES string of the molecule is CC(C)COc1ccccc1NC(=O)[C@@H](N)C(C)C. The number of carbonyl (C=O) groups is 1. The van der Waals surface area contributed by atoms with Gasteiger partial charge in [-0.3, -0.25) is 4.79 Å². The topological polar surface area (TPSA) is 64.3 Å². The maximum Gasteiger partial charge on any atom is 0.241 e. The molecule has 1 atom stereocenters. The van der Waals surface area contributed by atoms with Gasteiger partial charge in [0.2, 0.25) is 5.91 Å². The van der Waals surface area contributed by atoms with Crippen LogP contribution in [0.3, 0.4) is 0 Å². The first-order chi connectivity index (χ1) is 8.91. The number of benzene rings is 1. The molecule has 4 heteroatoms. The van der Waals surface area contributed by atoms with Crippen LogP contribution >= 0.6 is 0 Å². The molecule has 0 heterocycles. The Morgan fingerprint density at radius 3 is 2.47 bits per heavy atom. The molecule has 1 amide bonds. The molecule has 0 spiro atoms. The van der Waals surface area contributed by atoms with Crippen LogP contribution in [0.4, 0.5) is 5.69 Å². The van der Waals surface area contributed by atoms with Gasteiger partial charge < -0.3 is 15.8 Å². The molecular weight excluding hydrogens is 240 g/mol. The maximum atomic E-state index is 12.0. The Morgan fingerprint density at radius 2 is 1.89 bits per heavy atom. The third kappa shape index (κ3) is 4.91. The normalized spacial score (nSPS) is 12.6. The van der Waals surface area contributed by atoms with Crippen LogP contribution in [-0.2, 0) is 4.79 Å². The molecule has 3 N–H and O–H groups in total. The molecule has 4 nitrogen and oxygen atoms in total. The lowest BCUT2D eigenvalue weighted by Gasteiger charge is -2.18. The molecular formula is C15H24N2O2. The second-order valence-corrected chi connectivity index (χ2v) is 5.46. The standard InChI is InChI=1S/C15H24N2O2/c1-10(2)9-19-13-8-6-5-7-12(13)17-15(18)14(16)11(3)4/h5-8,10-11,14H,9,16H2,1-4H3,(H,17,18)/t14-/m0/s1. The van der Waals surface area contributed by atoms with E-state index in [2.05, 4.69) is 19.2 Å². The Balaban J connectivity index is 2.75. The molecule has 0 aliphatic heterocycles. The van der Waals surface area contributed by atoms with Crippen molar-refractivity contribution in [2.75, 3.05) is 11.9 Å². The van der Waals surface area contributed by atoms with E-state index >= 15 is 0 Å². The van der Waals surface area contributed by atoms with Crippen LogP contribution in [-0.4, -0.2) is 18.6 Å². The number of ether oxygens (including phenoxy) is 1. The van der Waals surface area contributed by atoms with E-state index in [1.807, 2.05) is 38.1 Å². The van der Waals surface area contributed by atoms with Gasteiger partial charge in [0.1, 0.15) is 5.75 Å². The van der Waals surface area contributed by atoms with Gasteiger partial charge in [-0.05, 0) is 24.0 Å². The van der Waals surface area contributed by atoms with Crippen molar-refractivity contribution in [1.82, 2.24) is 0 Å². The van der Waals surface area contributed by atoms with Crippen LogP contribution < -0.4 is 15.8 Å². The van der Waals surface area contributed by atoms with Crippen molar-refractivity contribution in [2.45, 2.75) is 33.7 Å². The highest BCUT2D eigenvalue weighted by molar-refractivity contribution is 5.96. The summed E-state index contributed by atoms with van der Waals surface area (Å²) in [5.74, 6) is 1.03. The van der Waals surface area contributed by atoms with E-state index in [1.54, 1.807) is 0 Å². The smallest absolute Gasteiger partial charge is 0.241 e. The third-order valence-corrected chi connectivity index (χ3v) is 2.74. The molecule has 1 rings (SSSR count). The quantitative estimate of drug-likeness (QED) is 0.830. The van der Waals surface area contributed by atoms with Gasteiger partial charge >= 0.3 is 0 Å². The summed E-state index contributed by atoms with van der Waals surface area (Å²) in [7, 11) is 0. The van der Waals surface area contributed by atoms with Crippen LogP contribution in [0, 0.1) is 11.8 Å². The fourth-order valence-corrected chi connectivity index (χ4v) is 1.47. The predicted octanol–water partition coefficient (Wildman–Crippen LogP) is 2.64. The average Bonchev–Trinajstić information content (AvgIpc) is 2.36. The molecule has 0 fully saturated rings. The van der Waals surface area contributed by atoms with Crippen molar-refractivity contribution >= 4 is 11.6 Å². The number of hydrogen-bond acceptors (Lipinski definition) is 3. The van der Waals surface area contributed by atoms with Gasteiger partial charge in [-0.15, -0.1) is 0 Å². The zero-order valence-electron chi connectivity index (χ0n) is 12.1. The number of amides is 1. The first kappa shape index (κ1) is 15.5. The summed E-state index contributed by atoms with van der Waals surface area (Å²) in [6.45, 7) is 8.62. The lowest BCUT2D eigenvalue weighted by molar-refractivity contribution is -0.118. The summed E-state index contributed by atoms with van der Waals surface area (Å²) in [5, 5.41) is 2.83. The molecule has 106 valence electrons. The lowest BCUT2D eigenvalue weighted by Crippen LogP contribution is -2.39. The van der Waals surface area contributed by atoms with Gasteiger partial charge in [0.15, 0.2) is 0 Å². The number of rotatable bonds is 6. The Bertz CT molecular complexity index is 416. The van der Waals surface area contributed by atoms with Crippen molar-refractivity contribution in [3.63, 3.8) is 0 Å². The van der Waals surface area contributed by atoms with E-state index < -0.39 is 6.04 Å².